The van der Waals surface area contributed by atoms with Crippen LogP contribution < -0.4 is 20.6 Å². The molecule has 0 aliphatic carbocycles. The maximum absolute atomic E-state index is 11.3. The van der Waals surface area contributed by atoms with Crippen LogP contribution in [0.15, 0.2) is 39.9 Å². The molecule has 2 rings (SSSR count). The number of hydrogen-bond acceptors (Lipinski definition) is 7. The van der Waals surface area contributed by atoms with Crippen molar-refractivity contribution in [1.82, 2.24) is 5.43 Å². The van der Waals surface area contributed by atoms with Crippen LogP contribution in [0.5, 0.6) is 11.5 Å². The van der Waals surface area contributed by atoms with Crippen LogP contribution >= 0.6 is 0 Å². The van der Waals surface area contributed by atoms with E-state index in [4.69, 9.17) is 19.6 Å². The van der Waals surface area contributed by atoms with Crippen molar-refractivity contribution < 1.29 is 28.2 Å². The number of nitrogens with one attached hydrogen (secondary N) is 1. The Morgan fingerprint density at radius 1 is 1.24 bits per heavy atom. The fourth-order valence-corrected chi connectivity index (χ4v) is 1.87. The number of furan rings is 1. The molecule has 25 heavy (non-hydrogen) atoms. The first-order valence-electron chi connectivity index (χ1n) is 7.10. The molecular formula is C16H17N3O6. The molecule has 1 aromatic heterocycles. The molecule has 3 N–H and O–H groups in total. The largest absolute Gasteiger partial charge is 0.493 e. The summed E-state index contributed by atoms with van der Waals surface area (Å²) in [5, 5.41) is 3.66. The molecule has 1 heterocycles. The van der Waals surface area contributed by atoms with E-state index in [1.165, 1.54) is 26.5 Å². The number of ether oxygens (including phenoxy) is 3. The summed E-state index contributed by atoms with van der Waals surface area (Å²) >= 11 is 0. The fourth-order valence-electron chi connectivity index (χ4n) is 1.87. The zero-order valence-electron chi connectivity index (χ0n) is 13.6. The summed E-state index contributed by atoms with van der Waals surface area (Å²) in [4.78, 5) is 21.9. The Bertz CT molecular complexity index is 784. The molecule has 0 radical (unpaired) electrons. The Kier molecular flexibility index (Phi) is 5.99. The number of esters is 1. The first kappa shape index (κ1) is 17.9. The minimum atomic E-state index is -0.757. The van der Waals surface area contributed by atoms with Gasteiger partial charge in [0.25, 0.3) is 0 Å². The molecule has 0 saturated carbocycles. The van der Waals surface area contributed by atoms with Crippen LogP contribution in [0.2, 0.25) is 0 Å². The molecule has 0 aliphatic rings. The van der Waals surface area contributed by atoms with Crippen LogP contribution in [0, 0.1) is 0 Å². The predicted octanol–water partition coefficient (Wildman–Crippen LogP) is 1.66. The lowest BCUT2D eigenvalue weighted by molar-refractivity contribution is 0.0561. The number of carbonyl (C=O) groups is 2. The van der Waals surface area contributed by atoms with Gasteiger partial charge in [0.05, 0.1) is 20.4 Å². The van der Waals surface area contributed by atoms with E-state index in [9.17, 15) is 9.59 Å². The highest BCUT2D eigenvalue weighted by molar-refractivity contribution is 5.86. The molecule has 0 spiro atoms. The molecular weight excluding hydrogens is 330 g/mol. The second-order valence-electron chi connectivity index (χ2n) is 4.69. The van der Waals surface area contributed by atoms with E-state index >= 15 is 0 Å². The van der Waals surface area contributed by atoms with Gasteiger partial charge >= 0.3 is 12.0 Å². The number of amides is 2. The standard InChI is InChI=1S/C16H17N3O6/c1-22-14-7-10(8-18-19-16(17)21)3-5-12(14)24-9-11-4-6-13(25-11)15(20)23-2/h3-8H,9H2,1-2H3,(H3,17,19,21)/b18-8-. The van der Waals surface area contributed by atoms with Crippen molar-refractivity contribution >= 4 is 18.2 Å². The van der Waals surface area contributed by atoms with Gasteiger partial charge in [0.1, 0.15) is 12.4 Å². The van der Waals surface area contributed by atoms with Gasteiger partial charge in [-0.1, -0.05) is 0 Å². The van der Waals surface area contributed by atoms with Crippen molar-refractivity contribution in [3.8, 4) is 11.5 Å². The van der Waals surface area contributed by atoms with E-state index in [2.05, 4.69) is 15.3 Å². The van der Waals surface area contributed by atoms with E-state index in [-0.39, 0.29) is 12.4 Å². The van der Waals surface area contributed by atoms with Crippen LogP contribution in [-0.4, -0.2) is 32.4 Å². The van der Waals surface area contributed by atoms with Crippen LogP contribution in [0.4, 0.5) is 4.79 Å². The molecule has 9 heteroatoms. The minimum Gasteiger partial charge on any atom is -0.493 e. The van der Waals surface area contributed by atoms with Crippen molar-refractivity contribution in [3.05, 3.63) is 47.4 Å². The van der Waals surface area contributed by atoms with Crippen molar-refractivity contribution in [2.75, 3.05) is 14.2 Å². The van der Waals surface area contributed by atoms with Gasteiger partial charge in [0.15, 0.2) is 11.5 Å². The van der Waals surface area contributed by atoms with Crippen molar-refractivity contribution in [2.24, 2.45) is 10.8 Å². The van der Waals surface area contributed by atoms with Crippen molar-refractivity contribution in [2.45, 2.75) is 6.61 Å². The summed E-state index contributed by atoms with van der Waals surface area (Å²) in [7, 11) is 2.77. The van der Waals surface area contributed by atoms with Crippen LogP contribution in [0.3, 0.4) is 0 Å². The summed E-state index contributed by atoms with van der Waals surface area (Å²) < 4.78 is 20.8. The molecule has 0 atom stereocenters. The maximum Gasteiger partial charge on any atom is 0.373 e. The van der Waals surface area contributed by atoms with Crippen molar-refractivity contribution in [3.63, 3.8) is 0 Å². The number of primary amides is 1. The lowest BCUT2D eigenvalue weighted by Gasteiger charge is -2.10. The summed E-state index contributed by atoms with van der Waals surface area (Å²) in [6.07, 6.45) is 1.41. The van der Waals surface area contributed by atoms with Crippen LogP contribution in [0.25, 0.3) is 0 Å². The molecule has 2 aromatic rings. The number of hydrogen-bond donors (Lipinski definition) is 2. The lowest BCUT2D eigenvalue weighted by atomic mass is 10.2. The summed E-state index contributed by atoms with van der Waals surface area (Å²) in [6, 6.07) is 7.43. The number of benzene rings is 1. The van der Waals surface area contributed by atoms with Gasteiger partial charge in [0.2, 0.25) is 5.76 Å². The van der Waals surface area contributed by atoms with E-state index in [1.54, 1.807) is 24.3 Å². The number of rotatable bonds is 7. The second kappa shape index (κ2) is 8.39. The quantitative estimate of drug-likeness (QED) is 0.446. The SMILES string of the molecule is COC(=O)c1ccc(COc2ccc(/C=N\NC(N)=O)cc2OC)o1. The van der Waals surface area contributed by atoms with E-state index in [0.29, 0.717) is 22.8 Å². The van der Waals surface area contributed by atoms with Gasteiger partial charge in [-0.2, -0.15) is 5.10 Å². The zero-order valence-corrected chi connectivity index (χ0v) is 13.6. The Morgan fingerprint density at radius 3 is 2.72 bits per heavy atom. The Balaban J connectivity index is 2.04. The number of urea groups is 1. The molecule has 0 unspecified atom stereocenters. The normalized spacial score (nSPS) is 10.5. The van der Waals surface area contributed by atoms with Gasteiger partial charge in [-0.05, 0) is 35.9 Å². The zero-order chi connectivity index (χ0) is 18.2. The molecule has 1 aromatic carbocycles. The minimum absolute atomic E-state index is 0.0987. The number of carbonyl (C=O) groups excluding carboxylic acids is 2. The number of hydrazone groups is 1. The second-order valence-corrected chi connectivity index (χ2v) is 4.69. The third kappa shape index (κ3) is 4.99. The van der Waals surface area contributed by atoms with Crippen LogP contribution in [0.1, 0.15) is 21.9 Å². The summed E-state index contributed by atoms with van der Waals surface area (Å²) in [5.74, 6) is 0.929. The Labute approximate surface area is 143 Å². The highest BCUT2D eigenvalue weighted by Gasteiger charge is 2.12. The monoisotopic (exact) mass is 347 g/mol. The van der Waals surface area contributed by atoms with Gasteiger partial charge in [-0.3, -0.25) is 0 Å². The smallest absolute Gasteiger partial charge is 0.373 e. The number of nitrogens with two attached hydrogens (primary N) is 1. The number of nitrogens with zero attached hydrogens (tertiary/aromatic N) is 1. The average Bonchev–Trinajstić information content (AvgIpc) is 3.08. The van der Waals surface area contributed by atoms with Gasteiger partial charge in [-0.15, -0.1) is 0 Å². The predicted molar refractivity (Wildman–Crippen MR) is 87.7 cm³/mol. The molecule has 0 saturated heterocycles. The Morgan fingerprint density at radius 2 is 2.04 bits per heavy atom. The first-order valence-corrected chi connectivity index (χ1v) is 7.10. The average molecular weight is 347 g/mol. The van der Waals surface area contributed by atoms with Gasteiger partial charge < -0.3 is 24.4 Å². The van der Waals surface area contributed by atoms with Crippen molar-refractivity contribution in [1.29, 1.82) is 0 Å². The molecule has 0 bridgehead atoms. The van der Waals surface area contributed by atoms with E-state index in [1.807, 2.05) is 0 Å². The summed E-state index contributed by atoms with van der Waals surface area (Å²) in [6.45, 7) is 0.101. The topological polar surface area (TPSA) is 125 Å². The maximum atomic E-state index is 11.3. The highest BCUT2D eigenvalue weighted by atomic mass is 16.5. The third-order valence-corrected chi connectivity index (χ3v) is 2.99. The van der Waals surface area contributed by atoms with Gasteiger partial charge in [0, 0.05) is 0 Å². The Hall–Kier alpha value is -3.49. The summed E-state index contributed by atoms with van der Waals surface area (Å²) in [5.41, 5.74) is 7.68. The molecule has 9 nitrogen and oxygen atoms in total. The van der Waals surface area contributed by atoms with Crippen LogP contribution in [-0.2, 0) is 11.3 Å². The molecule has 0 fully saturated rings. The first-order chi connectivity index (χ1) is 12.0. The van der Waals surface area contributed by atoms with E-state index < -0.39 is 12.0 Å². The van der Waals surface area contributed by atoms with Gasteiger partial charge in [-0.25, -0.2) is 15.0 Å². The van der Waals surface area contributed by atoms with E-state index in [0.717, 1.165) is 0 Å². The number of methoxy groups -OCH3 is 2. The fraction of sp³-hybridized carbons (Fsp3) is 0.188. The molecule has 2 amide bonds. The molecule has 132 valence electrons. The lowest BCUT2D eigenvalue weighted by Crippen LogP contribution is -2.24. The third-order valence-electron chi connectivity index (χ3n) is 2.99. The highest BCUT2D eigenvalue weighted by Crippen LogP contribution is 2.28. The molecule has 0 aliphatic heterocycles.